The summed E-state index contributed by atoms with van der Waals surface area (Å²) >= 11 is 2.04. The minimum absolute atomic E-state index is 0.0715. The van der Waals surface area contributed by atoms with Crippen LogP contribution in [0.25, 0.3) is 0 Å². The van der Waals surface area contributed by atoms with Crippen LogP contribution in [0.5, 0.6) is 0 Å². The summed E-state index contributed by atoms with van der Waals surface area (Å²) < 4.78 is 5.70. The molecule has 0 spiro atoms. The third kappa shape index (κ3) is 4.12. The first-order valence-electron chi connectivity index (χ1n) is 11.7. The Balaban J connectivity index is 1.28. The molecular weight excluding hydrogens is 406 g/mol. The van der Waals surface area contributed by atoms with Crippen molar-refractivity contribution in [3.63, 3.8) is 0 Å². The Kier molecular flexibility index (Phi) is 6.02. The molecule has 1 saturated carbocycles. The number of carbonyl (C=O) groups excluding carboxylic acids is 1. The highest BCUT2D eigenvalue weighted by molar-refractivity contribution is 7.99. The number of nitrogens with zero attached hydrogens (tertiary/aromatic N) is 2. The summed E-state index contributed by atoms with van der Waals surface area (Å²) in [5, 5.41) is 3.26. The monoisotopic (exact) mass is 439 g/mol. The highest BCUT2D eigenvalue weighted by Crippen LogP contribution is 2.37. The fourth-order valence-electron chi connectivity index (χ4n) is 5.71. The molecule has 2 aliphatic heterocycles. The Hall–Kier alpha value is -1.92. The summed E-state index contributed by atoms with van der Waals surface area (Å²) in [6.07, 6.45) is 7.60. The molecule has 1 atom stereocenters. The van der Waals surface area contributed by atoms with Gasteiger partial charge >= 0.3 is 0 Å². The van der Waals surface area contributed by atoms with Gasteiger partial charge in [-0.1, -0.05) is 31.0 Å². The molecular formula is C25H33N3O2S. The number of furan rings is 1. The summed E-state index contributed by atoms with van der Waals surface area (Å²) in [6.45, 7) is 5.95. The number of fused-ring (bicyclic) bond motifs is 1. The molecule has 166 valence electrons. The topological polar surface area (TPSA) is 48.7 Å². The number of anilines is 1. The Bertz CT molecular complexity index is 915. The van der Waals surface area contributed by atoms with E-state index in [4.69, 9.17) is 4.42 Å². The van der Waals surface area contributed by atoms with Crippen LogP contribution in [0.1, 0.15) is 54.3 Å². The van der Waals surface area contributed by atoms with Crippen LogP contribution in [0, 0.1) is 0 Å². The number of nitrogens with one attached hydrogen (secondary N) is 1. The maximum Gasteiger partial charge on any atom is 0.287 e. The van der Waals surface area contributed by atoms with Crippen LogP contribution in [-0.4, -0.2) is 53.5 Å². The van der Waals surface area contributed by atoms with Gasteiger partial charge in [0.2, 0.25) is 0 Å². The van der Waals surface area contributed by atoms with E-state index < -0.39 is 0 Å². The third-order valence-corrected chi connectivity index (χ3v) is 8.38. The zero-order valence-electron chi connectivity index (χ0n) is 18.4. The molecule has 1 N–H and O–H groups in total. The van der Waals surface area contributed by atoms with Crippen LogP contribution < -0.4 is 10.2 Å². The van der Waals surface area contributed by atoms with Gasteiger partial charge in [-0.15, -0.1) is 0 Å². The molecule has 1 aromatic carbocycles. The number of amides is 1. The van der Waals surface area contributed by atoms with E-state index in [1.54, 1.807) is 6.26 Å². The second-order valence-corrected chi connectivity index (χ2v) is 10.5. The molecule has 1 aliphatic carbocycles. The fourth-order valence-corrected chi connectivity index (χ4v) is 6.62. The van der Waals surface area contributed by atoms with Crippen LogP contribution in [0.2, 0.25) is 0 Å². The summed E-state index contributed by atoms with van der Waals surface area (Å²) in [7, 11) is 0. The quantitative estimate of drug-likeness (QED) is 0.726. The van der Waals surface area contributed by atoms with Gasteiger partial charge in [0.15, 0.2) is 5.76 Å². The van der Waals surface area contributed by atoms with Gasteiger partial charge in [0, 0.05) is 60.5 Å². The van der Waals surface area contributed by atoms with Gasteiger partial charge in [0.1, 0.15) is 0 Å². The van der Waals surface area contributed by atoms with Crippen LogP contribution >= 0.6 is 11.8 Å². The molecule has 1 amide bonds. The van der Waals surface area contributed by atoms with E-state index in [0.717, 1.165) is 31.6 Å². The highest BCUT2D eigenvalue weighted by atomic mass is 32.2. The predicted octanol–water partition coefficient (Wildman–Crippen LogP) is 4.32. The largest absolute Gasteiger partial charge is 0.459 e. The van der Waals surface area contributed by atoms with E-state index in [2.05, 4.69) is 46.3 Å². The van der Waals surface area contributed by atoms with Crippen molar-refractivity contribution < 1.29 is 9.21 Å². The van der Waals surface area contributed by atoms with Gasteiger partial charge in [0.05, 0.1) is 6.26 Å². The van der Waals surface area contributed by atoms with Crippen molar-refractivity contribution in [2.75, 3.05) is 36.0 Å². The number of carbonyl (C=O) groups is 1. The standard InChI is InChI=1S/C25H33N3O2S/c1-19-16-20-6-2-3-7-22(20)28(19)17-21-8-13-30-23(21)24(29)26-18-25(9-4-5-10-25)27-11-14-31-15-12-27/h2-3,6-8,13,19H,4-5,9-12,14-18H2,1H3,(H,26,29). The average Bonchev–Trinajstić information content (AvgIpc) is 3.53. The molecule has 0 radical (unpaired) electrons. The second kappa shape index (κ2) is 8.91. The van der Waals surface area contributed by atoms with E-state index in [0.29, 0.717) is 18.3 Å². The maximum atomic E-state index is 13.2. The molecule has 2 aromatic rings. The zero-order chi connectivity index (χ0) is 21.3. The van der Waals surface area contributed by atoms with Gasteiger partial charge in [-0.25, -0.2) is 0 Å². The number of thioether (sulfide) groups is 1. The normalized spacial score (nSPS) is 23.1. The van der Waals surface area contributed by atoms with E-state index in [1.807, 2.05) is 17.8 Å². The van der Waals surface area contributed by atoms with E-state index in [-0.39, 0.29) is 11.4 Å². The lowest BCUT2D eigenvalue weighted by molar-refractivity contribution is 0.0795. The summed E-state index contributed by atoms with van der Waals surface area (Å²) in [4.78, 5) is 18.2. The van der Waals surface area contributed by atoms with Gasteiger partial charge in [0.25, 0.3) is 5.91 Å². The SMILES string of the molecule is CC1Cc2ccccc2N1Cc1ccoc1C(=O)NCC1(N2CCSCC2)CCCC1. The van der Waals surface area contributed by atoms with Gasteiger partial charge in [-0.2, -0.15) is 11.8 Å². The summed E-state index contributed by atoms with van der Waals surface area (Å²) in [5.41, 5.74) is 3.75. The van der Waals surface area contributed by atoms with Crippen molar-refractivity contribution in [3.05, 3.63) is 53.5 Å². The Labute approximate surface area is 189 Å². The van der Waals surface area contributed by atoms with Crippen molar-refractivity contribution in [2.24, 2.45) is 0 Å². The van der Waals surface area contributed by atoms with E-state index in [9.17, 15) is 4.79 Å². The minimum atomic E-state index is -0.0715. The lowest BCUT2D eigenvalue weighted by Gasteiger charge is -2.43. The molecule has 5 nitrogen and oxygen atoms in total. The Morgan fingerprint density at radius 1 is 1.19 bits per heavy atom. The van der Waals surface area contributed by atoms with E-state index in [1.165, 1.54) is 48.4 Å². The molecule has 31 heavy (non-hydrogen) atoms. The van der Waals surface area contributed by atoms with Crippen molar-refractivity contribution in [3.8, 4) is 0 Å². The average molecular weight is 440 g/mol. The first-order chi connectivity index (χ1) is 15.2. The van der Waals surface area contributed by atoms with Gasteiger partial charge in [-0.3, -0.25) is 9.69 Å². The van der Waals surface area contributed by atoms with Gasteiger partial charge < -0.3 is 14.6 Å². The molecule has 3 heterocycles. The Morgan fingerprint density at radius 2 is 1.97 bits per heavy atom. The molecule has 1 saturated heterocycles. The number of hydrogen-bond donors (Lipinski definition) is 1. The first kappa shape index (κ1) is 21.0. The molecule has 2 fully saturated rings. The van der Waals surface area contributed by atoms with Crippen molar-refractivity contribution >= 4 is 23.4 Å². The smallest absolute Gasteiger partial charge is 0.287 e. The molecule has 0 bridgehead atoms. The number of para-hydroxylation sites is 1. The first-order valence-corrected chi connectivity index (χ1v) is 12.8. The molecule has 1 unspecified atom stereocenters. The summed E-state index contributed by atoms with van der Waals surface area (Å²) in [6, 6.07) is 10.9. The van der Waals surface area contributed by atoms with Crippen molar-refractivity contribution in [2.45, 2.75) is 57.2 Å². The summed E-state index contributed by atoms with van der Waals surface area (Å²) in [5.74, 6) is 2.80. The third-order valence-electron chi connectivity index (χ3n) is 7.44. The number of benzene rings is 1. The molecule has 3 aliphatic rings. The molecule has 6 heteroatoms. The fraction of sp³-hybridized carbons (Fsp3) is 0.560. The zero-order valence-corrected chi connectivity index (χ0v) is 19.3. The number of hydrogen-bond acceptors (Lipinski definition) is 5. The maximum absolute atomic E-state index is 13.2. The Morgan fingerprint density at radius 3 is 2.77 bits per heavy atom. The van der Waals surface area contributed by atoms with Crippen LogP contribution in [-0.2, 0) is 13.0 Å². The highest BCUT2D eigenvalue weighted by Gasteiger charge is 2.40. The van der Waals surface area contributed by atoms with Crippen molar-refractivity contribution in [1.82, 2.24) is 10.2 Å². The minimum Gasteiger partial charge on any atom is -0.459 e. The molecule has 5 rings (SSSR count). The second-order valence-electron chi connectivity index (χ2n) is 9.30. The predicted molar refractivity (Wildman–Crippen MR) is 127 cm³/mol. The van der Waals surface area contributed by atoms with E-state index >= 15 is 0 Å². The van der Waals surface area contributed by atoms with Crippen LogP contribution in [0.15, 0.2) is 41.0 Å². The van der Waals surface area contributed by atoms with Crippen molar-refractivity contribution in [1.29, 1.82) is 0 Å². The van der Waals surface area contributed by atoms with Gasteiger partial charge in [-0.05, 0) is 43.9 Å². The molecule has 1 aromatic heterocycles. The lowest BCUT2D eigenvalue weighted by Crippen LogP contribution is -2.56. The van der Waals surface area contributed by atoms with Crippen LogP contribution in [0.3, 0.4) is 0 Å². The lowest BCUT2D eigenvalue weighted by atomic mass is 9.94. The van der Waals surface area contributed by atoms with Crippen LogP contribution in [0.4, 0.5) is 5.69 Å². The number of rotatable bonds is 6.